The predicted octanol–water partition coefficient (Wildman–Crippen LogP) is 4.47. The fourth-order valence-corrected chi connectivity index (χ4v) is 5.89. The molecule has 0 aliphatic carbocycles. The zero-order valence-electron chi connectivity index (χ0n) is 23.6. The lowest BCUT2D eigenvalue weighted by atomic mass is 9.85. The monoisotopic (exact) mass is 625 g/mol. The van der Waals surface area contributed by atoms with Crippen LogP contribution in [0.3, 0.4) is 0 Å². The molecule has 0 unspecified atom stereocenters. The van der Waals surface area contributed by atoms with Crippen LogP contribution in [0, 0.1) is 0 Å². The number of nitrogens with one attached hydrogen (secondary N) is 2. The van der Waals surface area contributed by atoms with Crippen LogP contribution in [0.1, 0.15) is 28.8 Å². The van der Waals surface area contributed by atoms with Crippen LogP contribution in [0.5, 0.6) is 0 Å². The first-order valence-electron chi connectivity index (χ1n) is 13.7. The van der Waals surface area contributed by atoms with E-state index in [4.69, 9.17) is 28.3 Å². The number of hydrogen-bond acceptors (Lipinski definition) is 5. The number of anilines is 1. The van der Waals surface area contributed by atoms with E-state index in [1.54, 1.807) is 18.0 Å². The highest BCUT2D eigenvalue weighted by atomic mass is 35.5. The molecule has 3 aromatic rings. The minimum atomic E-state index is -1.13. The summed E-state index contributed by atoms with van der Waals surface area (Å²) in [4.78, 5) is 53.2. The number of carbonyl (C=O) groups excluding carboxylic acids is 3. The molecule has 3 aromatic carbocycles. The number of benzene rings is 3. The molecule has 4 amide bonds. The molecule has 12 heteroatoms. The van der Waals surface area contributed by atoms with E-state index in [0.29, 0.717) is 39.1 Å². The Bertz CT molecular complexity index is 1430. The van der Waals surface area contributed by atoms with Gasteiger partial charge < -0.3 is 30.4 Å². The fraction of sp³-hybridized carbons (Fsp3) is 0.290. The first kappa shape index (κ1) is 31.7. The molecular weight excluding hydrogens is 593 g/mol. The first-order valence-corrected chi connectivity index (χ1v) is 14.5. The zero-order chi connectivity index (χ0) is 31.0. The third-order valence-corrected chi connectivity index (χ3v) is 8.11. The van der Waals surface area contributed by atoms with Gasteiger partial charge in [-0.1, -0.05) is 77.8 Å². The Morgan fingerprint density at radius 2 is 1.47 bits per heavy atom. The molecule has 2 saturated heterocycles. The maximum atomic E-state index is 13.6. The Morgan fingerprint density at radius 3 is 2.02 bits per heavy atom. The number of carbonyl (C=O) groups is 4. The lowest BCUT2D eigenvalue weighted by Gasteiger charge is -2.43. The van der Waals surface area contributed by atoms with E-state index in [-0.39, 0.29) is 27.5 Å². The average molecular weight is 627 g/mol. The molecule has 10 nitrogen and oxygen atoms in total. The highest BCUT2D eigenvalue weighted by Crippen LogP contribution is 2.40. The number of carboxylic acid groups (broad SMARTS) is 1. The molecule has 2 aliphatic rings. The van der Waals surface area contributed by atoms with Crippen molar-refractivity contribution in [2.24, 2.45) is 0 Å². The van der Waals surface area contributed by atoms with Crippen LogP contribution in [0.4, 0.5) is 10.5 Å². The van der Waals surface area contributed by atoms with Gasteiger partial charge in [0.05, 0.1) is 22.3 Å². The van der Waals surface area contributed by atoms with Crippen LogP contribution in [0.15, 0.2) is 78.9 Å². The van der Waals surface area contributed by atoms with Crippen molar-refractivity contribution in [2.45, 2.75) is 24.9 Å². The van der Waals surface area contributed by atoms with Gasteiger partial charge in [-0.15, -0.1) is 0 Å². The molecule has 3 N–H and O–H groups in total. The highest BCUT2D eigenvalue weighted by Gasteiger charge is 2.54. The highest BCUT2D eigenvalue weighted by molar-refractivity contribution is 6.39. The summed E-state index contributed by atoms with van der Waals surface area (Å²) in [5.74, 6) is -1.57. The predicted molar refractivity (Wildman–Crippen MR) is 165 cm³/mol. The number of nitrogens with zero attached hydrogens (tertiary/aromatic N) is 3. The maximum Gasteiger partial charge on any atom is 0.322 e. The molecule has 43 heavy (non-hydrogen) atoms. The topological polar surface area (TPSA) is 122 Å². The Morgan fingerprint density at radius 1 is 0.884 bits per heavy atom. The van der Waals surface area contributed by atoms with Crippen LogP contribution in [0.25, 0.3) is 0 Å². The number of piperidine rings is 1. The van der Waals surface area contributed by atoms with Gasteiger partial charge in [0.15, 0.2) is 0 Å². The van der Waals surface area contributed by atoms with Gasteiger partial charge in [0.2, 0.25) is 5.91 Å². The number of aliphatic carboxylic acids is 1. The summed E-state index contributed by atoms with van der Waals surface area (Å²) in [5.41, 5.74) is 1.69. The SMILES string of the molecule is CNC(=O)N1CCC2(CC1)C(=O)N(Cc1ccccc1)CN2c1ccccc1.O=C(O)CNC(=O)c1c(Cl)cccc1Cl. The van der Waals surface area contributed by atoms with Crippen LogP contribution in [0.2, 0.25) is 10.0 Å². The summed E-state index contributed by atoms with van der Waals surface area (Å²) in [6.07, 6.45) is 1.28. The lowest BCUT2D eigenvalue weighted by molar-refractivity contribution is -0.136. The number of rotatable bonds is 6. The van der Waals surface area contributed by atoms with Crippen LogP contribution < -0.4 is 15.5 Å². The van der Waals surface area contributed by atoms with E-state index in [2.05, 4.69) is 39.8 Å². The third kappa shape index (κ3) is 7.39. The van der Waals surface area contributed by atoms with Gasteiger partial charge in [-0.2, -0.15) is 0 Å². The Hall–Kier alpha value is -4.28. The van der Waals surface area contributed by atoms with Gasteiger partial charge in [-0.05, 0) is 42.7 Å². The van der Waals surface area contributed by atoms with E-state index in [1.807, 2.05) is 41.3 Å². The van der Waals surface area contributed by atoms with Crippen molar-refractivity contribution in [3.8, 4) is 0 Å². The molecule has 0 radical (unpaired) electrons. The number of likely N-dealkylation sites (tertiary alicyclic amines) is 1. The van der Waals surface area contributed by atoms with Crippen LogP contribution >= 0.6 is 23.2 Å². The number of halogens is 2. The molecule has 2 heterocycles. The van der Waals surface area contributed by atoms with Crippen molar-refractivity contribution in [1.82, 2.24) is 20.4 Å². The number of hydrogen-bond donors (Lipinski definition) is 3. The van der Waals surface area contributed by atoms with E-state index < -0.39 is 24.0 Å². The molecule has 2 fully saturated rings. The molecule has 0 saturated carbocycles. The quantitative estimate of drug-likeness (QED) is 0.371. The van der Waals surface area contributed by atoms with Gasteiger partial charge in [0.1, 0.15) is 12.1 Å². The minimum absolute atomic E-state index is 0.0762. The Labute approximate surface area is 260 Å². The van der Waals surface area contributed by atoms with Crippen molar-refractivity contribution in [2.75, 3.05) is 38.3 Å². The summed E-state index contributed by atoms with van der Waals surface area (Å²) in [6.45, 7) is 1.85. The molecular formula is C31H33Cl2N5O5. The normalized spacial score (nSPS) is 15.5. The smallest absolute Gasteiger partial charge is 0.322 e. The fourth-order valence-electron chi connectivity index (χ4n) is 5.32. The largest absolute Gasteiger partial charge is 0.480 e. The number of urea groups is 1. The molecule has 0 atom stereocenters. The van der Waals surface area contributed by atoms with Crippen molar-refractivity contribution in [3.05, 3.63) is 100 Å². The summed E-state index contributed by atoms with van der Waals surface area (Å²) in [7, 11) is 1.64. The van der Waals surface area contributed by atoms with Crippen molar-refractivity contribution >= 4 is 52.7 Å². The molecule has 226 valence electrons. The van der Waals surface area contributed by atoms with Crippen molar-refractivity contribution < 1.29 is 24.3 Å². The van der Waals surface area contributed by atoms with E-state index >= 15 is 0 Å². The molecule has 0 aromatic heterocycles. The lowest BCUT2D eigenvalue weighted by Crippen LogP contribution is -2.58. The second kappa shape index (κ2) is 14.3. The van der Waals surface area contributed by atoms with Gasteiger partial charge in [0.25, 0.3) is 5.91 Å². The van der Waals surface area contributed by atoms with Gasteiger partial charge >= 0.3 is 12.0 Å². The van der Waals surface area contributed by atoms with Crippen molar-refractivity contribution in [1.29, 1.82) is 0 Å². The Kier molecular flexibility index (Phi) is 10.5. The number of carboxylic acids is 1. The second-order valence-electron chi connectivity index (χ2n) is 10.1. The molecule has 2 aliphatic heterocycles. The van der Waals surface area contributed by atoms with E-state index in [9.17, 15) is 19.2 Å². The van der Waals surface area contributed by atoms with Crippen LogP contribution in [-0.4, -0.2) is 77.6 Å². The van der Waals surface area contributed by atoms with Gasteiger partial charge in [0, 0.05) is 32.4 Å². The molecule has 1 spiro atoms. The summed E-state index contributed by atoms with van der Waals surface area (Å²) in [6, 6.07) is 24.8. The van der Waals surface area contributed by atoms with E-state index in [1.165, 1.54) is 12.1 Å². The maximum absolute atomic E-state index is 13.6. The molecule has 0 bridgehead atoms. The van der Waals surface area contributed by atoms with E-state index in [0.717, 1.165) is 11.3 Å². The Balaban J connectivity index is 0.000000239. The van der Waals surface area contributed by atoms with Crippen LogP contribution in [-0.2, 0) is 16.1 Å². The number of amides is 4. The summed E-state index contributed by atoms with van der Waals surface area (Å²) < 4.78 is 0. The summed E-state index contributed by atoms with van der Waals surface area (Å²) >= 11 is 11.5. The first-order chi connectivity index (χ1) is 20.7. The minimum Gasteiger partial charge on any atom is -0.480 e. The standard InChI is InChI=1S/C22H26N4O2.C9H7Cl2NO3/c1-23-21(28)24-14-12-22(13-15-24)20(27)25(16-18-8-4-2-5-9-18)17-26(22)19-10-6-3-7-11-19;10-5-2-1-3-6(11)8(5)9(15)12-4-7(13)14/h2-11H,12-17H2,1H3,(H,23,28);1-3H,4H2,(H,12,15)(H,13,14). The van der Waals surface area contributed by atoms with Gasteiger partial charge in [-0.3, -0.25) is 14.4 Å². The van der Waals surface area contributed by atoms with Gasteiger partial charge in [-0.25, -0.2) is 4.79 Å². The average Bonchev–Trinajstić information content (AvgIpc) is 3.27. The second-order valence-corrected chi connectivity index (χ2v) is 11.0. The zero-order valence-corrected chi connectivity index (χ0v) is 25.1. The number of para-hydroxylation sites is 1. The molecule has 5 rings (SSSR count). The third-order valence-electron chi connectivity index (χ3n) is 7.48. The summed E-state index contributed by atoms with van der Waals surface area (Å²) in [5, 5.41) is 13.6. The van der Waals surface area contributed by atoms with Crippen molar-refractivity contribution in [3.63, 3.8) is 0 Å².